The van der Waals surface area contributed by atoms with Gasteiger partial charge >= 0.3 is 0 Å². The Morgan fingerprint density at radius 2 is 1.40 bits per heavy atom. The lowest BCUT2D eigenvalue weighted by molar-refractivity contribution is -0.112. The number of unbranched alkanes of at least 4 members (excludes halogenated alkanes) is 4. The Labute approximate surface area is 111 Å². The van der Waals surface area contributed by atoms with Gasteiger partial charge in [0.25, 0.3) is 0 Å². The Hall–Kier alpha value is 0.630. The molecule has 0 amide bonds. The fourth-order valence-corrected chi connectivity index (χ4v) is 2.59. The highest BCUT2D eigenvalue weighted by atomic mass is 79.9. The Kier molecular flexibility index (Phi) is 9.11. The molecule has 0 heterocycles. The third-order valence-electron chi connectivity index (χ3n) is 2.71. The zero-order valence-corrected chi connectivity index (χ0v) is 13.0. The van der Waals surface area contributed by atoms with Crippen LogP contribution in [0.3, 0.4) is 0 Å². The van der Waals surface area contributed by atoms with Crippen molar-refractivity contribution in [2.45, 2.75) is 69.5 Å². The molecule has 0 unspecified atom stereocenters. The number of carbonyl (C=O) groups is 1. The molecular formula is C12H22Br2O. The molecule has 0 spiro atoms. The molecule has 0 bridgehead atoms. The zero-order valence-electron chi connectivity index (χ0n) is 9.82. The van der Waals surface area contributed by atoms with Crippen molar-refractivity contribution >= 4 is 36.6 Å². The maximum absolute atomic E-state index is 11.5. The second-order valence-electron chi connectivity index (χ2n) is 4.15. The van der Waals surface area contributed by atoms with Crippen LogP contribution >= 0.6 is 31.9 Å². The van der Waals surface area contributed by atoms with Crippen LogP contribution in [0.15, 0.2) is 0 Å². The molecule has 15 heavy (non-hydrogen) atoms. The molecule has 0 N–H and O–H groups in total. The first-order valence-corrected chi connectivity index (χ1v) is 7.54. The van der Waals surface area contributed by atoms with Gasteiger partial charge in [0, 0.05) is 0 Å². The first-order chi connectivity index (χ1) is 7.06. The second kappa shape index (κ2) is 8.74. The van der Waals surface area contributed by atoms with E-state index < -0.39 is 0 Å². The Balaban J connectivity index is 4.01. The number of hydrogen-bond acceptors (Lipinski definition) is 1. The summed E-state index contributed by atoms with van der Waals surface area (Å²) in [5.41, 5.74) is 0. The van der Waals surface area contributed by atoms with Crippen molar-refractivity contribution in [3.63, 3.8) is 0 Å². The van der Waals surface area contributed by atoms with E-state index in [0.717, 1.165) is 25.7 Å². The van der Waals surface area contributed by atoms with Crippen LogP contribution in [0.4, 0.5) is 0 Å². The van der Waals surface area contributed by atoms with Crippen LogP contribution in [-0.2, 0) is 4.79 Å². The lowest BCUT2D eigenvalue weighted by Crippen LogP contribution is -2.27. The summed E-state index contributed by atoms with van der Waals surface area (Å²) in [5.74, 6) is 0. The summed E-state index contributed by atoms with van der Waals surface area (Å²) < 4.78 is -0.195. The molecule has 1 nitrogen and oxygen atoms in total. The molecule has 0 saturated heterocycles. The van der Waals surface area contributed by atoms with E-state index >= 15 is 0 Å². The number of carbonyl (C=O) groups excluding carboxylic acids is 1. The van der Waals surface area contributed by atoms with Crippen molar-refractivity contribution in [1.29, 1.82) is 0 Å². The molecule has 0 atom stereocenters. The summed E-state index contributed by atoms with van der Waals surface area (Å²) >= 11 is 6.73. The molecule has 0 aromatic rings. The average molecular weight is 342 g/mol. The fraction of sp³-hybridized carbons (Fsp3) is 0.917. The molecule has 0 aromatic heterocycles. The van der Waals surface area contributed by atoms with Crippen molar-refractivity contribution in [3.05, 3.63) is 0 Å². The molecule has 0 aliphatic rings. The first-order valence-electron chi connectivity index (χ1n) is 5.95. The van der Waals surface area contributed by atoms with Gasteiger partial charge in [0.05, 0.1) is 4.32 Å². The first kappa shape index (κ1) is 15.6. The molecule has 0 aliphatic carbocycles. The number of hydrogen-bond donors (Lipinski definition) is 0. The number of halogens is 2. The van der Waals surface area contributed by atoms with Crippen LogP contribution in [0.2, 0.25) is 0 Å². The largest absolute Gasteiger partial charge is 0.285 e. The van der Waals surface area contributed by atoms with Gasteiger partial charge in [0.2, 0.25) is 4.69 Å². The fourth-order valence-electron chi connectivity index (χ4n) is 1.63. The Morgan fingerprint density at radius 1 is 1.00 bits per heavy atom. The molecule has 0 saturated carbocycles. The quantitative estimate of drug-likeness (QED) is 0.320. The highest BCUT2D eigenvalue weighted by molar-refractivity contribution is 9.20. The van der Waals surface area contributed by atoms with Gasteiger partial charge in [-0.1, -0.05) is 68.3 Å². The minimum atomic E-state index is -0.308. The third-order valence-corrected chi connectivity index (χ3v) is 5.15. The van der Waals surface area contributed by atoms with Crippen LogP contribution in [-0.4, -0.2) is 9.02 Å². The van der Waals surface area contributed by atoms with Gasteiger partial charge < -0.3 is 0 Å². The Morgan fingerprint density at radius 3 is 1.67 bits per heavy atom. The highest BCUT2D eigenvalue weighted by Gasteiger charge is 2.32. The summed E-state index contributed by atoms with van der Waals surface area (Å²) in [6, 6.07) is 0. The monoisotopic (exact) mass is 340 g/mol. The standard InChI is InChI=1S/C12H22Br2O/c1-3-5-7-9-12(14,11(13)15)10-8-6-4-2/h3-10H2,1-2H3. The molecule has 0 aromatic carbocycles. The Bertz CT molecular complexity index is 170. The molecule has 0 radical (unpaired) electrons. The molecule has 90 valence electrons. The van der Waals surface area contributed by atoms with E-state index in [2.05, 4.69) is 45.7 Å². The lowest BCUT2D eigenvalue weighted by Gasteiger charge is -2.23. The third kappa shape index (κ3) is 6.72. The molecule has 3 heteroatoms. The summed E-state index contributed by atoms with van der Waals surface area (Å²) in [6.07, 6.45) is 8.99. The summed E-state index contributed by atoms with van der Waals surface area (Å²) in [7, 11) is 0. The predicted octanol–water partition coefficient (Wildman–Crippen LogP) is 5.20. The van der Waals surface area contributed by atoms with Gasteiger partial charge in [0.15, 0.2) is 0 Å². The van der Waals surface area contributed by atoms with E-state index in [1.165, 1.54) is 25.7 Å². The van der Waals surface area contributed by atoms with E-state index in [1.807, 2.05) is 0 Å². The van der Waals surface area contributed by atoms with Crippen LogP contribution in [0, 0.1) is 0 Å². The SMILES string of the molecule is CCCCCC(Br)(CCCCC)C(=O)Br. The van der Waals surface area contributed by atoms with Gasteiger partial charge in [0.1, 0.15) is 0 Å². The van der Waals surface area contributed by atoms with Gasteiger partial charge in [-0.05, 0) is 28.8 Å². The van der Waals surface area contributed by atoms with Crippen LogP contribution in [0.1, 0.15) is 65.2 Å². The average Bonchev–Trinajstić information content (AvgIpc) is 2.18. The van der Waals surface area contributed by atoms with Crippen molar-refractivity contribution in [2.75, 3.05) is 0 Å². The maximum atomic E-state index is 11.5. The number of rotatable bonds is 9. The zero-order chi connectivity index (χ0) is 11.7. The van der Waals surface area contributed by atoms with Crippen molar-refractivity contribution in [1.82, 2.24) is 0 Å². The van der Waals surface area contributed by atoms with E-state index in [1.54, 1.807) is 0 Å². The van der Waals surface area contributed by atoms with E-state index in [0.29, 0.717) is 0 Å². The van der Waals surface area contributed by atoms with Gasteiger partial charge in [-0.3, -0.25) is 4.79 Å². The van der Waals surface area contributed by atoms with Crippen LogP contribution < -0.4 is 0 Å². The van der Waals surface area contributed by atoms with Crippen LogP contribution in [0.25, 0.3) is 0 Å². The van der Waals surface area contributed by atoms with Crippen molar-refractivity contribution in [3.8, 4) is 0 Å². The summed E-state index contributed by atoms with van der Waals surface area (Å²) in [4.78, 5) is 11.5. The topological polar surface area (TPSA) is 17.1 Å². The second-order valence-corrected chi connectivity index (χ2v) is 6.39. The van der Waals surface area contributed by atoms with E-state index in [4.69, 9.17) is 0 Å². The molecule has 0 fully saturated rings. The maximum Gasteiger partial charge on any atom is 0.214 e. The number of alkyl halides is 1. The van der Waals surface area contributed by atoms with E-state index in [-0.39, 0.29) is 9.02 Å². The van der Waals surface area contributed by atoms with Gasteiger partial charge in [-0.15, -0.1) is 0 Å². The lowest BCUT2D eigenvalue weighted by atomic mass is 9.96. The smallest absolute Gasteiger partial charge is 0.214 e. The van der Waals surface area contributed by atoms with Gasteiger partial charge in [-0.25, -0.2) is 0 Å². The highest BCUT2D eigenvalue weighted by Crippen LogP contribution is 2.34. The van der Waals surface area contributed by atoms with Gasteiger partial charge in [-0.2, -0.15) is 0 Å². The molecular weight excluding hydrogens is 320 g/mol. The van der Waals surface area contributed by atoms with Crippen molar-refractivity contribution in [2.24, 2.45) is 0 Å². The summed E-state index contributed by atoms with van der Waals surface area (Å²) in [5, 5.41) is 0. The molecule has 0 aliphatic heterocycles. The predicted molar refractivity (Wildman–Crippen MR) is 73.9 cm³/mol. The molecule has 0 rings (SSSR count). The summed E-state index contributed by atoms with van der Waals surface area (Å²) in [6.45, 7) is 4.37. The van der Waals surface area contributed by atoms with Crippen molar-refractivity contribution < 1.29 is 4.79 Å². The minimum absolute atomic E-state index is 0.113. The van der Waals surface area contributed by atoms with E-state index in [9.17, 15) is 4.79 Å². The normalized spacial score (nSPS) is 11.7. The minimum Gasteiger partial charge on any atom is -0.285 e. The van der Waals surface area contributed by atoms with Crippen LogP contribution in [0.5, 0.6) is 0 Å².